The van der Waals surface area contributed by atoms with Crippen LogP contribution in [0.2, 0.25) is 0 Å². The molecule has 2 aliphatic rings. The van der Waals surface area contributed by atoms with Crippen molar-refractivity contribution in [1.29, 1.82) is 0 Å². The normalized spacial score (nSPS) is 11.9. The summed E-state index contributed by atoms with van der Waals surface area (Å²) in [6.45, 7) is 24.0. The van der Waals surface area contributed by atoms with E-state index in [-0.39, 0.29) is 136 Å². The van der Waals surface area contributed by atoms with E-state index in [1.807, 2.05) is 207 Å². The van der Waals surface area contributed by atoms with Gasteiger partial charge >= 0.3 is 42.1 Å². The summed E-state index contributed by atoms with van der Waals surface area (Å²) in [4.78, 5) is 33.9. The Labute approximate surface area is 841 Å². The smallest absolute Gasteiger partial charge is 0.305 e. The van der Waals surface area contributed by atoms with Crippen LogP contribution in [0.3, 0.4) is 0 Å². The summed E-state index contributed by atoms with van der Waals surface area (Å²) in [6.07, 6.45) is 3.68. The number of hydrogen-bond donors (Lipinski definition) is 0. The van der Waals surface area contributed by atoms with Gasteiger partial charge < -0.3 is 15.0 Å². The quantitative estimate of drug-likeness (QED) is 0.0941. The minimum absolute atomic E-state index is 0. The number of pyridine rings is 7. The van der Waals surface area contributed by atoms with Gasteiger partial charge in [-0.15, -0.1) is 203 Å². The third-order valence-electron chi connectivity index (χ3n) is 23.0. The first kappa shape index (κ1) is 101. The maximum Gasteiger partial charge on any atom is 2.00 e. The summed E-state index contributed by atoms with van der Waals surface area (Å²) in [7, 11) is 0. The van der Waals surface area contributed by atoms with Crippen LogP contribution in [0.1, 0.15) is 126 Å². The van der Waals surface area contributed by atoms with Crippen LogP contribution in [-0.2, 0) is 124 Å². The van der Waals surface area contributed by atoms with Gasteiger partial charge in [0.1, 0.15) is 10.8 Å². The van der Waals surface area contributed by atoms with E-state index in [0.717, 1.165) is 120 Å². The van der Waals surface area contributed by atoms with Gasteiger partial charge in [0.05, 0.1) is 22.8 Å². The molecule has 0 spiro atoms. The average molecular weight is 2620 g/mol. The molecule has 0 amide bonds. The standard InChI is InChI=1S/C43H38N2.C35H18F4N2.2C13H12N.C12H10N.3Ir.2Pt/c1-41(2,3)31-23-25-33-34-26-24-32(42(4,5)6)28-36(34)43(35(33)27-31,39-21-13-19-37(44-39)29-15-9-7-10-16-29)40-22-14-20-38(45-40)30-17-11-8-12-18-30;36-21-15-17-25(29(38)19-21)31-11-5-13-33(40-31)35(27-9-3-1-7-23(27)24-8-2-4-10-28(24)35)34-14-6-12-32(41-34)26-18-16-22(37)20-30(26)39;1-10-4-3-5-12(8-10)13-9-11(2)6-7-14-13;1-10-8-9-14-13(11(10)2)12-6-4-3-5-7-12;1-10-6-5-9-12(13-10)11-7-3-2-4-8-11;;;;;/h7-15,17,19-28H,1-6H3;1-16,19-20H;3-4,6-9H,1-2H3;3-6,8-9H,1-2H3;2-7,9H,1H3;;;;;/q2*-2;3*-1;;;;2*+2. The van der Waals surface area contributed by atoms with E-state index >= 15 is 0 Å². The first-order valence-corrected chi connectivity index (χ1v) is 42.2. The van der Waals surface area contributed by atoms with Crippen LogP contribution >= 0.6 is 0 Å². The van der Waals surface area contributed by atoms with E-state index in [1.165, 1.54) is 55.6 Å². The Bertz CT molecular complexity index is 6680. The van der Waals surface area contributed by atoms with Crippen LogP contribution in [0.15, 0.2) is 346 Å². The molecule has 0 saturated carbocycles. The fraction of sp³-hybridized carbons (Fsp3) is 0.129. The third-order valence-corrected chi connectivity index (χ3v) is 23.0. The summed E-state index contributed by atoms with van der Waals surface area (Å²) in [5, 5.41) is 0. The molecule has 0 fully saturated rings. The number of hydrogen-bond acceptors (Lipinski definition) is 7. The van der Waals surface area contributed by atoms with Gasteiger partial charge in [0.25, 0.3) is 0 Å². The summed E-state index contributed by atoms with van der Waals surface area (Å²) >= 11 is 0. The Balaban J connectivity index is 0.000000174. The van der Waals surface area contributed by atoms with E-state index in [1.54, 1.807) is 24.3 Å². The molecular formula is C116H90F4Ir3N7Pt2-3. The first-order chi connectivity index (χ1) is 61.4. The zero-order valence-corrected chi connectivity index (χ0v) is 85.9. The number of fused-ring (bicyclic) bond motifs is 6. The fourth-order valence-corrected chi connectivity index (χ4v) is 16.5. The molecule has 132 heavy (non-hydrogen) atoms. The summed E-state index contributed by atoms with van der Waals surface area (Å²) in [5.41, 5.74) is 28.9. The molecule has 11 aromatic carbocycles. The Morgan fingerprint density at radius 3 is 1.07 bits per heavy atom. The molecule has 0 N–H and O–H groups in total. The molecule has 18 aromatic rings. The van der Waals surface area contributed by atoms with Gasteiger partial charge in [-0.3, -0.25) is 37.5 Å². The Kier molecular flexibility index (Phi) is 34.0. The second-order valence-corrected chi connectivity index (χ2v) is 33.7. The van der Waals surface area contributed by atoms with Gasteiger partial charge in [0.2, 0.25) is 0 Å². The van der Waals surface area contributed by atoms with Gasteiger partial charge in [-0.05, 0) is 176 Å². The van der Waals surface area contributed by atoms with E-state index in [4.69, 9.17) is 19.9 Å². The molecule has 7 heterocycles. The number of halogens is 4. The van der Waals surface area contributed by atoms with Crippen molar-refractivity contribution < 1.29 is 120 Å². The van der Waals surface area contributed by atoms with E-state index in [2.05, 4.69) is 224 Å². The zero-order valence-electron chi connectivity index (χ0n) is 74.2. The van der Waals surface area contributed by atoms with Crippen LogP contribution in [-0.4, -0.2) is 34.9 Å². The maximum absolute atomic E-state index is 14.9. The van der Waals surface area contributed by atoms with Gasteiger partial charge in [0, 0.05) is 102 Å². The largest absolute Gasteiger partial charge is 2.00 e. The van der Waals surface area contributed by atoms with Crippen molar-refractivity contribution in [2.24, 2.45) is 0 Å². The van der Waals surface area contributed by atoms with Gasteiger partial charge in [-0.25, -0.2) is 0 Å². The first-order valence-electron chi connectivity index (χ1n) is 42.2. The van der Waals surface area contributed by atoms with Crippen molar-refractivity contribution in [1.82, 2.24) is 34.9 Å². The molecule has 3 radical (unpaired) electrons. The zero-order chi connectivity index (χ0) is 88.6. The van der Waals surface area contributed by atoms with Crippen molar-refractivity contribution in [3.05, 3.63) is 496 Å². The number of rotatable bonds is 11. The molecule has 0 unspecified atom stereocenters. The number of nitrogens with zero attached hydrogens (tertiary/aromatic N) is 7. The van der Waals surface area contributed by atoms with Crippen molar-refractivity contribution in [2.45, 2.75) is 97.8 Å². The van der Waals surface area contributed by atoms with Crippen LogP contribution in [0.5, 0.6) is 0 Å². The maximum atomic E-state index is 14.9. The monoisotopic (exact) mass is 2630 g/mol. The van der Waals surface area contributed by atoms with E-state index in [9.17, 15) is 17.6 Å². The Morgan fingerprint density at radius 2 is 0.659 bits per heavy atom. The minimum atomic E-state index is -1.08. The number of aryl methyl sites for hydroxylation is 4. The Morgan fingerprint density at radius 1 is 0.288 bits per heavy atom. The van der Waals surface area contributed by atoms with Crippen molar-refractivity contribution in [3.8, 4) is 101 Å². The molecule has 667 valence electrons. The molecule has 0 bridgehead atoms. The number of benzene rings is 11. The molecule has 0 aliphatic heterocycles. The SMILES string of the molecule is CC(C)(C)c1ccc2c(c1)C(c1cccc(-c3[c-]cccc3)n1)(c1cccc(-c3[c-]cccc3)n1)c1cc(C(C)(C)C)ccc1-2.Cc1cc[c-]c(-c2cc(C)ccn2)c1.Cc1cccc(-c2[c-]cccc2)n1.Cc1ccnc(-c2[c-]cccc2)c1C.Fc1c[c-]c(-c2cccc(C3(c4cccc(-c5[c-]cc(F)cc5F)n4)c4ccccc4-c4ccccc43)n2)c(F)c1.[Ir].[Ir].[Ir].[Pt+2].[Pt+2]. The average Bonchev–Trinajstić information content (AvgIpc) is 1.54. The molecule has 20 rings (SSSR count). The molecule has 7 aromatic heterocycles. The summed E-state index contributed by atoms with van der Waals surface area (Å²) < 4.78 is 57.1. The van der Waals surface area contributed by atoms with Crippen LogP contribution < -0.4 is 0 Å². The predicted molar refractivity (Wildman–Crippen MR) is 502 cm³/mol. The second kappa shape index (κ2) is 44.4. The topological polar surface area (TPSA) is 90.2 Å². The molecular weight excluding hydrogens is 2530 g/mol. The minimum Gasteiger partial charge on any atom is -0.305 e. The second-order valence-electron chi connectivity index (χ2n) is 33.7. The van der Waals surface area contributed by atoms with Crippen molar-refractivity contribution in [2.75, 3.05) is 0 Å². The van der Waals surface area contributed by atoms with Crippen LogP contribution in [0.25, 0.3) is 101 Å². The van der Waals surface area contributed by atoms with Crippen molar-refractivity contribution >= 4 is 0 Å². The van der Waals surface area contributed by atoms with Gasteiger partial charge in [0.15, 0.2) is 0 Å². The van der Waals surface area contributed by atoms with Crippen molar-refractivity contribution in [3.63, 3.8) is 0 Å². The predicted octanol–water partition coefficient (Wildman–Crippen LogP) is 27.9. The van der Waals surface area contributed by atoms with Crippen LogP contribution in [0, 0.1) is 100 Å². The summed E-state index contributed by atoms with van der Waals surface area (Å²) in [6, 6.07) is 129. The number of aromatic nitrogens is 7. The van der Waals surface area contributed by atoms with E-state index < -0.39 is 34.1 Å². The fourth-order valence-electron chi connectivity index (χ4n) is 16.5. The van der Waals surface area contributed by atoms with Gasteiger partial charge in [-0.2, -0.15) is 0 Å². The Hall–Kier alpha value is -11.5. The van der Waals surface area contributed by atoms with E-state index in [0.29, 0.717) is 11.4 Å². The summed E-state index contributed by atoms with van der Waals surface area (Å²) in [5.74, 6) is -3.02. The molecule has 16 heteroatoms. The molecule has 7 nitrogen and oxygen atoms in total. The molecule has 0 saturated heterocycles. The van der Waals surface area contributed by atoms with Crippen LogP contribution in [0.4, 0.5) is 17.6 Å². The molecule has 0 atom stereocenters. The van der Waals surface area contributed by atoms with Gasteiger partial charge in [-0.1, -0.05) is 240 Å². The third kappa shape index (κ3) is 21.7. The molecule has 2 aliphatic carbocycles.